The van der Waals surface area contributed by atoms with Crippen molar-refractivity contribution >= 4 is 17.2 Å². The van der Waals surface area contributed by atoms with Gasteiger partial charge in [0.15, 0.2) is 0 Å². The molecule has 1 aromatic heterocycles. The van der Waals surface area contributed by atoms with Crippen molar-refractivity contribution in [3.05, 3.63) is 21.9 Å². The molecule has 1 unspecified atom stereocenters. The van der Waals surface area contributed by atoms with Crippen molar-refractivity contribution in [1.82, 2.24) is 5.32 Å². The summed E-state index contributed by atoms with van der Waals surface area (Å²) in [6.45, 7) is 1.35. The van der Waals surface area contributed by atoms with Gasteiger partial charge >= 0.3 is 0 Å². The first kappa shape index (κ1) is 16.0. The third kappa shape index (κ3) is 5.50. The normalized spacial score (nSPS) is 17.9. The van der Waals surface area contributed by atoms with E-state index in [0.717, 1.165) is 36.3 Å². The summed E-state index contributed by atoms with van der Waals surface area (Å²) in [5, 5.41) is 13.6. The number of amides is 1. The van der Waals surface area contributed by atoms with E-state index in [2.05, 4.69) is 17.2 Å². The smallest absolute Gasteiger partial charge is 0.222 e. The Morgan fingerprint density at radius 2 is 2.43 bits per heavy atom. The van der Waals surface area contributed by atoms with Gasteiger partial charge in [-0.2, -0.15) is 0 Å². The third-order valence-corrected chi connectivity index (χ3v) is 4.26. The molecule has 0 bridgehead atoms. The van der Waals surface area contributed by atoms with Gasteiger partial charge in [0.25, 0.3) is 0 Å². The minimum atomic E-state index is 0.0320. The van der Waals surface area contributed by atoms with E-state index in [4.69, 9.17) is 9.84 Å². The van der Waals surface area contributed by atoms with Crippen LogP contribution < -0.4 is 5.32 Å². The number of thiophene rings is 1. The number of nitrogens with one attached hydrogen (secondary N) is 1. The van der Waals surface area contributed by atoms with Crippen molar-refractivity contribution in [2.75, 3.05) is 13.2 Å². The van der Waals surface area contributed by atoms with Crippen molar-refractivity contribution in [1.29, 1.82) is 0 Å². The van der Waals surface area contributed by atoms with E-state index in [0.29, 0.717) is 19.4 Å². The van der Waals surface area contributed by atoms with Crippen LogP contribution in [0.2, 0.25) is 0 Å². The molecule has 4 nitrogen and oxygen atoms in total. The first-order valence-corrected chi connectivity index (χ1v) is 8.22. The third-order valence-electron chi connectivity index (χ3n) is 3.34. The number of carbonyl (C=O) groups is 1. The van der Waals surface area contributed by atoms with Gasteiger partial charge in [-0.05, 0) is 30.7 Å². The van der Waals surface area contributed by atoms with Crippen molar-refractivity contribution in [2.45, 2.75) is 44.8 Å². The fourth-order valence-electron chi connectivity index (χ4n) is 2.23. The number of hydrogen-bond donors (Lipinski definition) is 2. The average Bonchev–Trinajstić information content (AvgIpc) is 2.94. The van der Waals surface area contributed by atoms with Gasteiger partial charge in [0, 0.05) is 23.5 Å². The first-order valence-electron chi connectivity index (χ1n) is 7.34. The zero-order valence-corrected chi connectivity index (χ0v) is 12.9. The highest BCUT2D eigenvalue weighted by Gasteiger charge is 2.17. The Bertz CT molecular complexity index is 509. The molecule has 1 aromatic rings. The molecule has 0 spiro atoms. The molecule has 2 rings (SSSR count). The van der Waals surface area contributed by atoms with Crippen molar-refractivity contribution in [3.63, 3.8) is 0 Å². The lowest BCUT2D eigenvalue weighted by Gasteiger charge is -2.21. The monoisotopic (exact) mass is 307 g/mol. The van der Waals surface area contributed by atoms with Crippen LogP contribution in [0.25, 0.3) is 0 Å². The van der Waals surface area contributed by atoms with Gasteiger partial charge < -0.3 is 15.2 Å². The van der Waals surface area contributed by atoms with E-state index in [9.17, 15) is 4.79 Å². The van der Waals surface area contributed by atoms with Crippen molar-refractivity contribution < 1.29 is 14.6 Å². The molecule has 2 heterocycles. The second-order valence-corrected chi connectivity index (χ2v) is 6.00. The highest BCUT2D eigenvalue weighted by Crippen LogP contribution is 2.17. The largest absolute Gasteiger partial charge is 0.395 e. The van der Waals surface area contributed by atoms with E-state index in [1.807, 2.05) is 11.4 Å². The van der Waals surface area contributed by atoms with Crippen molar-refractivity contribution in [3.8, 4) is 11.8 Å². The van der Waals surface area contributed by atoms with Gasteiger partial charge in [-0.1, -0.05) is 11.8 Å². The molecule has 5 heteroatoms. The molecule has 0 saturated carbocycles. The van der Waals surface area contributed by atoms with Gasteiger partial charge in [-0.3, -0.25) is 4.79 Å². The van der Waals surface area contributed by atoms with Crippen LogP contribution in [0.4, 0.5) is 0 Å². The van der Waals surface area contributed by atoms with E-state index in [-0.39, 0.29) is 18.6 Å². The summed E-state index contributed by atoms with van der Waals surface area (Å²) in [6, 6.07) is 1.95. The second-order valence-electron chi connectivity index (χ2n) is 5.00. The highest BCUT2D eigenvalue weighted by atomic mass is 32.1. The number of hydrogen-bond acceptors (Lipinski definition) is 4. The Balaban J connectivity index is 1.78. The zero-order chi connectivity index (χ0) is 14.9. The van der Waals surface area contributed by atoms with Crippen LogP contribution in [0.1, 0.15) is 42.5 Å². The molecular weight excluding hydrogens is 286 g/mol. The summed E-state index contributed by atoms with van der Waals surface area (Å²) in [4.78, 5) is 13.0. The maximum Gasteiger partial charge on any atom is 0.222 e. The highest BCUT2D eigenvalue weighted by molar-refractivity contribution is 7.10. The molecule has 0 aromatic carbocycles. The van der Waals surface area contributed by atoms with E-state index >= 15 is 0 Å². The number of carbonyl (C=O) groups excluding carboxylic acids is 1. The molecule has 114 valence electrons. The second kappa shape index (κ2) is 8.83. The maximum atomic E-state index is 11.9. The average molecular weight is 307 g/mol. The van der Waals surface area contributed by atoms with Crippen LogP contribution in [0.5, 0.6) is 0 Å². The molecule has 1 aliphatic rings. The van der Waals surface area contributed by atoms with Gasteiger partial charge in [-0.25, -0.2) is 0 Å². The Hall–Kier alpha value is -1.35. The topological polar surface area (TPSA) is 58.6 Å². The quantitative estimate of drug-likeness (QED) is 0.819. The van der Waals surface area contributed by atoms with Crippen LogP contribution >= 0.6 is 11.3 Å². The Labute approximate surface area is 129 Å². The number of aliphatic hydroxyl groups is 1. The van der Waals surface area contributed by atoms with Crippen LogP contribution in [-0.4, -0.2) is 30.3 Å². The Morgan fingerprint density at radius 1 is 1.52 bits per heavy atom. The van der Waals surface area contributed by atoms with Crippen LogP contribution in [0.15, 0.2) is 11.4 Å². The van der Waals surface area contributed by atoms with Crippen LogP contribution in [0.3, 0.4) is 0 Å². The predicted octanol–water partition coefficient (Wildman–Crippen LogP) is 2.06. The maximum absolute atomic E-state index is 11.9. The summed E-state index contributed by atoms with van der Waals surface area (Å²) < 4.78 is 5.57. The first-order chi connectivity index (χ1) is 10.3. The molecule has 2 N–H and O–H groups in total. The molecule has 1 amide bonds. The van der Waals surface area contributed by atoms with Crippen LogP contribution in [0, 0.1) is 11.8 Å². The lowest BCUT2D eigenvalue weighted by atomic mass is 10.1. The Kier molecular flexibility index (Phi) is 6.74. The molecule has 1 saturated heterocycles. The lowest BCUT2D eigenvalue weighted by molar-refractivity contribution is -0.125. The van der Waals surface area contributed by atoms with Crippen LogP contribution in [-0.2, 0) is 16.1 Å². The van der Waals surface area contributed by atoms with Gasteiger partial charge in [0.1, 0.15) is 0 Å². The van der Waals surface area contributed by atoms with E-state index in [1.54, 1.807) is 11.3 Å². The lowest BCUT2D eigenvalue weighted by Crippen LogP contribution is -2.30. The minimum absolute atomic E-state index is 0.0320. The van der Waals surface area contributed by atoms with Gasteiger partial charge in [0.2, 0.25) is 5.91 Å². The zero-order valence-electron chi connectivity index (χ0n) is 12.1. The van der Waals surface area contributed by atoms with Gasteiger partial charge in [0.05, 0.1) is 25.7 Å². The molecule has 0 radical (unpaired) electrons. The fraction of sp³-hybridized carbons (Fsp3) is 0.562. The summed E-state index contributed by atoms with van der Waals surface area (Å²) in [5.41, 5.74) is 0.933. The summed E-state index contributed by atoms with van der Waals surface area (Å²) >= 11 is 1.58. The van der Waals surface area contributed by atoms with E-state index in [1.165, 1.54) is 0 Å². The minimum Gasteiger partial charge on any atom is -0.395 e. The van der Waals surface area contributed by atoms with Crippen molar-refractivity contribution in [2.24, 2.45) is 0 Å². The predicted molar refractivity (Wildman–Crippen MR) is 83.0 cm³/mol. The Morgan fingerprint density at radius 3 is 3.19 bits per heavy atom. The summed E-state index contributed by atoms with van der Waals surface area (Å²) in [7, 11) is 0. The fourth-order valence-corrected chi connectivity index (χ4v) is 3.00. The summed E-state index contributed by atoms with van der Waals surface area (Å²) in [5.74, 6) is 5.96. The number of aliphatic hydroxyl groups excluding tert-OH is 1. The number of ether oxygens (including phenoxy) is 1. The summed E-state index contributed by atoms with van der Waals surface area (Å²) in [6.07, 6.45) is 4.21. The van der Waals surface area contributed by atoms with Gasteiger partial charge in [-0.15, -0.1) is 11.3 Å². The molecule has 21 heavy (non-hydrogen) atoms. The SMILES string of the molecule is O=C(CC1CCCCO1)NCc1sccc1C#CCCO. The molecule has 1 atom stereocenters. The molecule has 1 fully saturated rings. The van der Waals surface area contributed by atoms with E-state index < -0.39 is 0 Å². The molecule has 1 aliphatic heterocycles. The standard InChI is InChI=1S/C16H21NO3S/c18-8-3-1-5-13-7-10-21-15(13)12-17-16(19)11-14-6-2-4-9-20-14/h7,10,14,18H,2-4,6,8-9,11-12H2,(H,17,19). The molecular formula is C16H21NO3S. The number of rotatable bonds is 5. The molecule has 0 aliphatic carbocycles.